The second-order valence-corrected chi connectivity index (χ2v) is 8.16. The lowest BCUT2D eigenvalue weighted by molar-refractivity contribution is -0.139. The summed E-state index contributed by atoms with van der Waals surface area (Å²) < 4.78 is 6.96. The average Bonchev–Trinajstić information content (AvgIpc) is 3.32. The highest BCUT2D eigenvalue weighted by Gasteiger charge is 2.52. The highest BCUT2D eigenvalue weighted by Crippen LogP contribution is 2.33. The Balaban J connectivity index is 1.39. The first-order valence-electron chi connectivity index (χ1n) is 9.66. The van der Waals surface area contributed by atoms with E-state index in [2.05, 4.69) is 20.9 Å². The van der Waals surface area contributed by atoms with Crippen LogP contribution in [-0.4, -0.2) is 56.0 Å². The smallest absolute Gasteiger partial charge is 0.344 e. The van der Waals surface area contributed by atoms with Crippen molar-refractivity contribution < 1.29 is 19.1 Å². The van der Waals surface area contributed by atoms with Gasteiger partial charge < -0.3 is 10.1 Å². The van der Waals surface area contributed by atoms with E-state index in [0.29, 0.717) is 23.7 Å². The van der Waals surface area contributed by atoms with Gasteiger partial charge in [-0.2, -0.15) is 5.01 Å². The molecule has 1 saturated heterocycles. The van der Waals surface area contributed by atoms with Crippen molar-refractivity contribution in [1.82, 2.24) is 30.5 Å². The van der Waals surface area contributed by atoms with E-state index in [0.717, 1.165) is 41.7 Å². The van der Waals surface area contributed by atoms with Crippen LogP contribution in [0.2, 0.25) is 0 Å². The Bertz CT molecular complexity index is 971. The van der Waals surface area contributed by atoms with Crippen LogP contribution in [0.15, 0.2) is 35.7 Å². The van der Waals surface area contributed by atoms with Crippen molar-refractivity contribution in [3.05, 3.63) is 30.6 Å². The number of imide groups is 1. The quantitative estimate of drug-likeness (QED) is 0.528. The fraction of sp³-hybridized carbons (Fsp3) is 0.421. The normalized spacial score (nSPS) is 17.8. The Labute approximate surface area is 177 Å². The summed E-state index contributed by atoms with van der Waals surface area (Å²) in [5.74, 6) is -0.209. The molecule has 4 amide bonds. The summed E-state index contributed by atoms with van der Waals surface area (Å²) in [4.78, 5) is 37.4. The molecule has 1 aromatic heterocycles. The van der Waals surface area contributed by atoms with E-state index in [4.69, 9.17) is 4.74 Å². The number of nitrogens with one attached hydrogen (secondary N) is 2. The van der Waals surface area contributed by atoms with Crippen molar-refractivity contribution >= 4 is 29.6 Å². The second-order valence-electron chi connectivity index (χ2n) is 7.22. The van der Waals surface area contributed by atoms with Crippen LogP contribution in [0.1, 0.15) is 32.1 Å². The molecule has 4 rings (SSSR count). The van der Waals surface area contributed by atoms with Gasteiger partial charge in [0.25, 0.3) is 5.91 Å². The van der Waals surface area contributed by atoms with Crippen molar-refractivity contribution in [2.75, 3.05) is 12.9 Å². The van der Waals surface area contributed by atoms with Crippen molar-refractivity contribution in [3.8, 4) is 11.4 Å². The largest absolute Gasteiger partial charge is 0.497 e. The van der Waals surface area contributed by atoms with Crippen LogP contribution in [0.3, 0.4) is 0 Å². The van der Waals surface area contributed by atoms with Crippen LogP contribution in [0.25, 0.3) is 5.69 Å². The summed E-state index contributed by atoms with van der Waals surface area (Å²) in [5.41, 5.74) is 2.34. The highest BCUT2D eigenvalue weighted by molar-refractivity contribution is 7.99. The van der Waals surface area contributed by atoms with Gasteiger partial charge >= 0.3 is 6.03 Å². The molecular weight excluding hydrogens is 408 g/mol. The average molecular weight is 430 g/mol. The number of methoxy groups -OCH3 is 1. The van der Waals surface area contributed by atoms with Gasteiger partial charge in [-0.1, -0.05) is 37.1 Å². The molecule has 1 spiro atoms. The molecule has 11 heteroatoms. The number of rotatable bonds is 6. The second kappa shape index (κ2) is 8.34. The maximum Gasteiger partial charge on any atom is 0.344 e. The van der Waals surface area contributed by atoms with Crippen molar-refractivity contribution in [3.63, 3.8) is 0 Å². The Morgan fingerprint density at radius 3 is 2.87 bits per heavy atom. The molecule has 2 aliphatic rings. The maximum atomic E-state index is 12.7. The van der Waals surface area contributed by atoms with E-state index in [1.807, 2.05) is 24.3 Å². The van der Waals surface area contributed by atoms with Gasteiger partial charge in [-0.05, 0) is 25.0 Å². The van der Waals surface area contributed by atoms with Gasteiger partial charge in [0, 0.05) is 6.07 Å². The summed E-state index contributed by atoms with van der Waals surface area (Å²) >= 11 is 1.15. The molecule has 2 heterocycles. The minimum atomic E-state index is -0.873. The molecule has 1 aromatic carbocycles. The predicted octanol–water partition coefficient (Wildman–Crippen LogP) is 1.65. The Kier molecular flexibility index (Phi) is 5.62. The molecule has 1 aliphatic heterocycles. The van der Waals surface area contributed by atoms with E-state index >= 15 is 0 Å². The summed E-state index contributed by atoms with van der Waals surface area (Å²) in [6.45, 7) is 0. The number of thioether (sulfide) groups is 1. The van der Waals surface area contributed by atoms with E-state index in [1.165, 1.54) is 0 Å². The zero-order valence-electron chi connectivity index (χ0n) is 16.5. The van der Waals surface area contributed by atoms with E-state index < -0.39 is 17.5 Å². The topological polar surface area (TPSA) is 118 Å². The number of benzene rings is 1. The number of nitrogens with zero attached hydrogens (tertiary/aromatic N) is 4. The first-order chi connectivity index (χ1) is 14.5. The van der Waals surface area contributed by atoms with Crippen LogP contribution in [0, 0.1) is 0 Å². The predicted molar refractivity (Wildman–Crippen MR) is 108 cm³/mol. The molecule has 0 atom stereocenters. The fourth-order valence-electron chi connectivity index (χ4n) is 3.76. The van der Waals surface area contributed by atoms with Gasteiger partial charge in [0.15, 0.2) is 5.16 Å². The number of urea groups is 1. The summed E-state index contributed by atoms with van der Waals surface area (Å²) in [7, 11) is 1.58. The first kappa shape index (κ1) is 20.2. The lowest BCUT2D eigenvalue weighted by Gasteiger charge is -2.30. The number of hydrazine groups is 1. The lowest BCUT2D eigenvalue weighted by atomic mass is 9.82. The number of carbonyl (C=O) groups is 3. The van der Waals surface area contributed by atoms with Gasteiger partial charge in [0.05, 0.1) is 18.6 Å². The van der Waals surface area contributed by atoms with Crippen molar-refractivity contribution in [2.45, 2.75) is 42.8 Å². The Morgan fingerprint density at radius 1 is 1.30 bits per heavy atom. The number of hydrogen-bond acceptors (Lipinski definition) is 7. The third kappa shape index (κ3) is 3.84. The molecule has 0 bridgehead atoms. The highest BCUT2D eigenvalue weighted by atomic mass is 32.2. The van der Waals surface area contributed by atoms with Crippen LogP contribution in [0.4, 0.5) is 4.79 Å². The Hall–Kier alpha value is -3.08. The minimum absolute atomic E-state index is 0.0350. The summed E-state index contributed by atoms with van der Waals surface area (Å²) in [6, 6.07) is 6.77. The SMILES string of the molecule is COc1cccc(-n2cnnc2SCC(=O)NN2C(=O)NC3(CCCCC3)C2=O)c1. The number of aromatic nitrogens is 3. The van der Waals surface area contributed by atoms with Crippen LogP contribution in [0.5, 0.6) is 5.75 Å². The minimum Gasteiger partial charge on any atom is -0.497 e. The molecule has 0 radical (unpaired) electrons. The van der Waals surface area contributed by atoms with Crippen LogP contribution >= 0.6 is 11.8 Å². The zero-order chi connectivity index (χ0) is 21.1. The third-order valence-corrected chi connectivity index (χ3v) is 6.23. The van der Waals surface area contributed by atoms with Crippen LogP contribution in [-0.2, 0) is 9.59 Å². The molecule has 1 aliphatic carbocycles. The maximum absolute atomic E-state index is 12.7. The van der Waals surface area contributed by atoms with E-state index in [-0.39, 0.29) is 11.7 Å². The molecule has 2 fully saturated rings. The summed E-state index contributed by atoms with van der Waals surface area (Å²) in [5, 5.41) is 12.0. The molecular formula is C19H22N6O4S. The van der Waals surface area contributed by atoms with Crippen LogP contribution < -0.4 is 15.5 Å². The van der Waals surface area contributed by atoms with Crippen molar-refractivity contribution in [2.24, 2.45) is 0 Å². The van der Waals surface area contributed by atoms with E-state index in [9.17, 15) is 14.4 Å². The molecule has 158 valence electrons. The fourth-order valence-corrected chi connectivity index (χ4v) is 4.48. The van der Waals surface area contributed by atoms with Gasteiger partial charge in [0.1, 0.15) is 17.6 Å². The number of amides is 4. The zero-order valence-corrected chi connectivity index (χ0v) is 17.3. The summed E-state index contributed by atoms with van der Waals surface area (Å²) in [6.07, 6.45) is 5.54. The van der Waals surface area contributed by atoms with Crippen molar-refractivity contribution in [1.29, 1.82) is 0 Å². The van der Waals surface area contributed by atoms with Gasteiger partial charge in [0.2, 0.25) is 5.91 Å². The molecule has 1 saturated carbocycles. The third-order valence-electron chi connectivity index (χ3n) is 5.29. The van der Waals surface area contributed by atoms with Gasteiger partial charge in [-0.3, -0.25) is 19.6 Å². The number of ether oxygens (including phenoxy) is 1. The molecule has 2 aromatic rings. The molecule has 0 unspecified atom stereocenters. The van der Waals surface area contributed by atoms with Gasteiger partial charge in [-0.15, -0.1) is 10.2 Å². The monoisotopic (exact) mass is 430 g/mol. The molecule has 10 nitrogen and oxygen atoms in total. The lowest BCUT2D eigenvalue weighted by Crippen LogP contribution is -2.51. The molecule has 30 heavy (non-hydrogen) atoms. The van der Waals surface area contributed by atoms with E-state index in [1.54, 1.807) is 18.0 Å². The number of carbonyl (C=O) groups excluding carboxylic acids is 3. The van der Waals surface area contributed by atoms with Gasteiger partial charge in [-0.25, -0.2) is 4.79 Å². The Morgan fingerprint density at radius 2 is 2.10 bits per heavy atom. The number of hydrogen-bond donors (Lipinski definition) is 2. The standard InChI is InChI=1S/C19H22N6O4S/c1-29-14-7-5-6-13(10-14)24-12-20-22-18(24)30-11-15(26)23-25-16(27)19(21-17(25)28)8-3-2-4-9-19/h5-7,10,12H,2-4,8-9,11H2,1H3,(H,21,28)(H,23,26). The first-order valence-corrected chi connectivity index (χ1v) is 10.6. The molecule has 2 N–H and O–H groups in total.